The Kier molecular flexibility index (Phi) is 4.66. The predicted octanol–water partition coefficient (Wildman–Crippen LogP) is 4.56. The maximum absolute atomic E-state index is 6.48. The Balaban J connectivity index is 2.51. The zero-order valence-corrected chi connectivity index (χ0v) is 14.1. The molecule has 0 amide bonds. The topological polar surface area (TPSA) is 15.3 Å². The molecular weight excluding hydrogens is 268 g/mol. The molecular formula is C17H27ClN2. The Bertz CT molecular complexity index is 482. The van der Waals surface area contributed by atoms with Gasteiger partial charge in [0, 0.05) is 29.3 Å². The zero-order chi connectivity index (χ0) is 14.9. The summed E-state index contributed by atoms with van der Waals surface area (Å²) < 4.78 is 0. The van der Waals surface area contributed by atoms with Gasteiger partial charge in [-0.05, 0) is 56.8 Å². The molecule has 0 aromatic heterocycles. The summed E-state index contributed by atoms with van der Waals surface area (Å²) in [6, 6.07) is 4.48. The van der Waals surface area contributed by atoms with E-state index in [0.717, 1.165) is 24.5 Å². The first kappa shape index (κ1) is 15.7. The van der Waals surface area contributed by atoms with Gasteiger partial charge in [0.2, 0.25) is 0 Å². The molecule has 0 saturated heterocycles. The Hall–Kier alpha value is -0.730. The summed E-state index contributed by atoms with van der Waals surface area (Å²) in [7, 11) is 1.96. The fraction of sp³-hybridized carbons (Fsp3) is 0.647. The minimum Gasteiger partial charge on any atom is -0.366 e. The Labute approximate surface area is 128 Å². The molecule has 1 atom stereocenters. The van der Waals surface area contributed by atoms with Crippen LogP contribution in [0.5, 0.6) is 0 Å². The number of hydrogen-bond donors (Lipinski definition) is 1. The van der Waals surface area contributed by atoms with Crippen molar-refractivity contribution in [3.8, 4) is 0 Å². The first-order chi connectivity index (χ1) is 9.40. The van der Waals surface area contributed by atoms with Gasteiger partial charge >= 0.3 is 0 Å². The van der Waals surface area contributed by atoms with Crippen molar-refractivity contribution in [1.82, 2.24) is 5.32 Å². The minimum absolute atomic E-state index is 0.205. The number of anilines is 1. The van der Waals surface area contributed by atoms with Gasteiger partial charge in [0.1, 0.15) is 0 Å². The number of benzene rings is 1. The van der Waals surface area contributed by atoms with Gasteiger partial charge in [-0.15, -0.1) is 0 Å². The molecule has 0 bridgehead atoms. The molecule has 0 aliphatic carbocycles. The van der Waals surface area contributed by atoms with Crippen LogP contribution < -0.4 is 10.2 Å². The molecule has 1 heterocycles. The summed E-state index contributed by atoms with van der Waals surface area (Å²) in [5.41, 5.74) is 4.19. The normalized spacial score (nSPS) is 20.9. The highest BCUT2D eigenvalue weighted by Gasteiger charge is 2.36. The van der Waals surface area contributed by atoms with E-state index in [1.165, 1.54) is 23.2 Å². The Morgan fingerprint density at radius 2 is 2.10 bits per heavy atom. The molecule has 0 fully saturated rings. The van der Waals surface area contributed by atoms with E-state index in [4.69, 9.17) is 11.6 Å². The summed E-state index contributed by atoms with van der Waals surface area (Å²) >= 11 is 6.48. The monoisotopic (exact) mass is 294 g/mol. The molecule has 1 aliphatic rings. The summed E-state index contributed by atoms with van der Waals surface area (Å²) in [5.74, 6) is 0.584. The lowest BCUT2D eigenvalue weighted by Crippen LogP contribution is -2.48. The second-order valence-corrected chi connectivity index (χ2v) is 7.01. The van der Waals surface area contributed by atoms with Gasteiger partial charge in [0.25, 0.3) is 0 Å². The van der Waals surface area contributed by atoms with E-state index in [1.54, 1.807) is 0 Å². The number of halogens is 1. The molecule has 1 aliphatic heterocycles. The second-order valence-electron chi connectivity index (χ2n) is 6.60. The molecule has 112 valence electrons. The molecule has 0 unspecified atom stereocenters. The van der Waals surface area contributed by atoms with Crippen LogP contribution in [0.15, 0.2) is 12.1 Å². The summed E-state index contributed by atoms with van der Waals surface area (Å²) in [6.07, 6.45) is 2.35. The summed E-state index contributed by atoms with van der Waals surface area (Å²) in [6.45, 7) is 11.2. The standard InChI is InChI=1S/C17H27ClN2/c1-6-7-20-16-9-15(18)13(11-19-5)8-14(16)12(2)10-17(20,3)4/h8-9,12,19H,6-7,10-11H2,1-5H3/t12-/m0/s1. The lowest BCUT2D eigenvalue weighted by atomic mass is 9.79. The fourth-order valence-corrected chi connectivity index (χ4v) is 3.75. The number of rotatable bonds is 4. The van der Waals surface area contributed by atoms with Crippen LogP contribution in [0.3, 0.4) is 0 Å². The van der Waals surface area contributed by atoms with Gasteiger partial charge in [-0.3, -0.25) is 0 Å². The number of fused-ring (bicyclic) bond motifs is 1. The molecule has 0 saturated carbocycles. The lowest BCUT2D eigenvalue weighted by Gasteiger charge is -2.48. The van der Waals surface area contributed by atoms with Crippen molar-refractivity contribution in [2.45, 2.75) is 58.5 Å². The largest absolute Gasteiger partial charge is 0.366 e. The highest BCUT2D eigenvalue weighted by atomic mass is 35.5. The third-order valence-electron chi connectivity index (χ3n) is 4.37. The van der Waals surface area contributed by atoms with Crippen molar-refractivity contribution in [2.24, 2.45) is 0 Å². The van der Waals surface area contributed by atoms with E-state index in [2.05, 4.69) is 50.0 Å². The van der Waals surface area contributed by atoms with Crippen LogP contribution in [0.25, 0.3) is 0 Å². The third-order valence-corrected chi connectivity index (χ3v) is 4.72. The highest BCUT2D eigenvalue weighted by Crippen LogP contribution is 2.45. The zero-order valence-electron chi connectivity index (χ0n) is 13.4. The number of hydrogen-bond acceptors (Lipinski definition) is 2. The van der Waals surface area contributed by atoms with E-state index < -0.39 is 0 Å². The van der Waals surface area contributed by atoms with E-state index >= 15 is 0 Å². The summed E-state index contributed by atoms with van der Waals surface area (Å²) in [5, 5.41) is 4.08. The van der Waals surface area contributed by atoms with Gasteiger partial charge in [0.05, 0.1) is 0 Å². The molecule has 1 aromatic carbocycles. The van der Waals surface area contributed by atoms with Gasteiger partial charge in [-0.2, -0.15) is 0 Å². The van der Waals surface area contributed by atoms with Gasteiger partial charge in [0.15, 0.2) is 0 Å². The Morgan fingerprint density at radius 3 is 2.70 bits per heavy atom. The van der Waals surface area contributed by atoms with Crippen LogP contribution in [0, 0.1) is 0 Å². The maximum atomic E-state index is 6.48. The quantitative estimate of drug-likeness (QED) is 0.875. The van der Waals surface area contributed by atoms with E-state index in [0.29, 0.717) is 5.92 Å². The molecule has 2 nitrogen and oxygen atoms in total. The first-order valence-electron chi connectivity index (χ1n) is 7.65. The maximum Gasteiger partial charge on any atom is 0.0471 e. The molecule has 3 heteroatoms. The van der Waals surface area contributed by atoms with Crippen LogP contribution in [-0.2, 0) is 6.54 Å². The lowest BCUT2D eigenvalue weighted by molar-refractivity contribution is 0.376. The second kappa shape index (κ2) is 5.95. The predicted molar refractivity (Wildman–Crippen MR) is 89.0 cm³/mol. The third kappa shape index (κ3) is 2.82. The van der Waals surface area contributed by atoms with Crippen molar-refractivity contribution in [1.29, 1.82) is 0 Å². The number of nitrogens with zero attached hydrogens (tertiary/aromatic N) is 1. The first-order valence-corrected chi connectivity index (χ1v) is 8.03. The van der Waals surface area contributed by atoms with Crippen molar-refractivity contribution in [2.75, 3.05) is 18.5 Å². The molecule has 0 radical (unpaired) electrons. The van der Waals surface area contributed by atoms with E-state index in [-0.39, 0.29) is 5.54 Å². The average Bonchev–Trinajstić information content (AvgIpc) is 2.36. The van der Waals surface area contributed by atoms with Gasteiger partial charge in [-0.25, -0.2) is 0 Å². The smallest absolute Gasteiger partial charge is 0.0471 e. The van der Waals surface area contributed by atoms with Crippen LogP contribution in [0.2, 0.25) is 5.02 Å². The summed E-state index contributed by atoms with van der Waals surface area (Å²) in [4.78, 5) is 2.54. The SMILES string of the molecule is CCCN1c2cc(Cl)c(CNC)cc2[C@@H](C)CC1(C)C. The van der Waals surface area contributed by atoms with Crippen LogP contribution >= 0.6 is 11.6 Å². The van der Waals surface area contributed by atoms with Gasteiger partial charge in [-0.1, -0.05) is 31.5 Å². The molecule has 20 heavy (non-hydrogen) atoms. The van der Waals surface area contributed by atoms with Crippen LogP contribution in [0.4, 0.5) is 5.69 Å². The van der Waals surface area contributed by atoms with Crippen LogP contribution in [-0.4, -0.2) is 19.1 Å². The average molecular weight is 295 g/mol. The molecule has 2 rings (SSSR count). The van der Waals surface area contributed by atoms with Crippen molar-refractivity contribution in [3.63, 3.8) is 0 Å². The number of nitrogens with one attached hydrogen (secondary N) is 1. The molecule has 0 spiro atoms. The van der Waals surface area contributed by atoms with E-state index in [1.807, 2.05) is 7.05 Å². The van der Waals surface area contributed by atoms with E-state index in [9.17, 15) is 0 Å². The van der Waals surface area contributed by atoms with Gasteiger partial charge < -0.3 is 10.2 Å². The molecule has 1 N–H and O–H groups in total. The fourth-order valence-electron chi connectivity index (χ4n) is 3.52. The van der Waals surface area contributed by atoms with Crippen LogP contribution in [0.1, 0.15) is 57.6 Å². The van der Waals surface area contributed by atoms with Crippen molar-refractivity contribution >= 4 is 17.3 Å². The van der Waals surface area contributed by atoms with Crippen molar-refractivity contribution < 1.29 is 0 Å². The van der Waals surface area contributed by atoms with Crippen molar-refractivity contribution in [3.05, 3.63) is 28.3 Å². The Morgan fingerprint density at radius 1 is 1.40 bits per heavy atom. The molecule has 1 aromatic rings. The minimum atomic E-state index is 0.205. The highest BCUT2D eigenvalue weighted by molar-refractivity contribution is 6.31.